The number of benzene rings is 2. The van der Waals surface area contributed by atoms with Crippen molar-refractivity contribution in [2.45, 2.75) is 20.3 Å². The molecule has 2 rings (SSSR count). The van der Waals surface area contributed by atoms with E-state index >= 15 is 0 Å². The predicted molar refractivity (Wildman–Crippen MR) is 95.4 cm³/mol. The molecule has 0 bridgehead atoms. The number of halogens is 1. The zero-order valence-electron chi connectivity index (χ0n) is 14.5. The third-order valence-electron chi connectivity index (χ3n) is 3.71. The van der Waals surface area contributed by atoms with E-state index in [0.717, 1.165) is 5.56 Å². The Bertz CT molecular complexity index is 777. The standard InChI is InChI=1S/C19H21FN2O3/c1-13-8-9-18(25-3)16(12-13)21-19(24)10-11-22(14(2)23)17-7-5-4-6-15(17)20/h4-9,12H,10-11H2,1-3H3,(H,21,24). The molecule has 0 spiro atoms. The monoisotopic (exact) mass is 344 g/mol. The first-order valence-electron chi connectivity index (χ1n) is 7.89. The topological polar surface area (TPSA) is 58.6 Å². The molecule has 0 unspecified atom stereocenters. The summed E-state index contributed by atoms with van der Waals surface area (Å²) < 4.78 is 19.1. The molecule has 0 aromatic heterocycles. The summed E-state index contributed by atoms with van der Waals surface area (Å²) in [6.45, 7) is 3.33. The molecule has 2 amide bonds. The summed E-state index contributed by atoms with van der Waals surface area (Å²) in [5, 5.41) is 2.77. The van der Waals surface area contributed by atoms with E-state index in [0.29, 0.717) is 11.4 Å². The summed E-state index contributed by atoms with van der Waals surface area (Å²) in [4.78, 5) is 25.3. The van der Waals surface area contributed by atoms with Crippen molar-refractivity contribution in [1.29, 1.82) is 0 Å². The minimum absolute atomic E-state index is 0.0327. The molecule has 132 valence electrons. The molecule has 0 aliphatic carbocycles. The summed E-state index contributed by atoms with van der Waals surface area (Å²) in [5.74, 6) is -0.563. The van der Waals surface area contributed by atoms with Crippen molar-refractivity contribution in [3.8, 4) is 5.75 Å². The van der Waals surface area contributed by atoms with Gasteiger partial charge in [0.2, 0.25) is 11.8 Å². The number of amides is 2. The van der Waals surface area contributed by atoms with Gasteiger partial charge in [0, 0.05) is 19.9 Å². The molecule has 0 saturated carbocycles. The number of carbonyl (C=O) groups excluding carboxylic acids is 2. The number of nitrogens with one attached hydrogen (secondary N) is 1. The highest BCUT2D eigenvalue weighted by Gasteiger charge is 2.17. The third kappa shape index (κ3) is 4.79. The average Bonchev–Trinajstić information content (AvgIpc) is 2.56. The third-order valence-corrected chi connectivity index (χ3v) is 3.71. The number of methoxy groups -OCH3 is 1. The van der Waals surface area contributed by atoms with Crippen molar-refractivity contribution in [1.82, 2.24) is 0 Å². The van der Waals surface area contributed by atoms with Crippen LogP contribution in [-0.2, 0) is 9.59 Å². The summed E-state index contributed by atoms with van der Waals surface area (Å²) in [7, 11) is 1.52. The molecule has 25 heavy (non-hydrogen) atoms. The molecule has 0 heterocycles. The van der Waals surface area contributed by atoms with Gasteiger partial charge < -0.3 is 15.0 Å². The Kier molecular flexibility index (Phi) is 6.11. The number of para-hydroxylation sites is 1. The van der Waals surface area contributed by atoms with Crippen LogP contribution < -0.4 is 15.0 Å². The number of nitrogens with zero attached hydrogens (tertiary/aromatic N) is 1. The molecule has 0 aliphatic heterocycles. The van der Waals surface area contributed by atoms with Crippen molar-refractivity contribution >= 4 is 23.2 Å². The molecule has 0 aliphatic rings. The number of rotatable bonds is 6. The minimum atomic E-state index is -0.501. The smallest absolute Gasteiger partial charge is 0.226 e. The van der Waals surface area contributed by atoms with Crippen LogP contribution in [0.25, 0.3) is 0 Å². The Labute approximate surface area is 146 Å². The van der Waals surface area contributed by atoms with Gasteiger partial charge in [-0.1, -0.05) is 18.2 Å². The van der Waals surface area contributed by atoms with E-state index in [2.05, 4.69) is 5.32 Å². The highest BCUT2D eigenvalue weighted by molar-refractivity contribution is 5.95. The van der Waals surface area contributed by atoms with Gasteiger partial charge >= 0.3 is 0 Å². The van der Waals surface area contributed by atoms with Crippen molar-refractivity contribution in [2.75, 3.05) is 23.9 Å². The minimum Gasteiger partial charge on any atom is -0.495 e. The van der Waals surface area contributed by atoms with E-state index in [1.54, 1.807) is 24.3 Å². The van der Waals surface area contributed by atoms with Crippen molar-refractivity contribution in [2.24, 2.45) is 0 Å². The van der Waals surface area contributed by atoms with Gasteiger partial charge in [-0.2, -0.15) is 0 Å². The molecule has 0 atom stereocenters. The van der Waals surface area contributed by atoms with Crippen molar-refractivity contribution in [3.05, 3.63) is 53.8 Å². The molecule has 0 fully saturated rings. The lowest BCUT2D eigenvalue weighted by atomic mass is 10.2. The maximum absolute atomic E-state index is 13.9. The Morgan fingerprint density at radius 2 is 1.92 bits per heavy atom. The summed E-state index contributed by atoms with van der Waals surface area (Å²) in [6.07, 6.45) is 0.0327. The Balaban J connectivity index is 2.06. The molecular formula is C19H21FN2O3. The van der Waals surface area contributed by atoms with Crippen LogP contribution in [0.4, 0.5) is 15.8 Å². The Morgan fingerprint density at radius 1 is 1.20 bits per heavy atom. The van der Waals surface area contributed by atoms with E-state index in [9.17, 15) is 14.0 Å². The first-order valence-corrected chi connectivity index (χ1v) is 7.89. The van der Waals surface area contributed by atoms with E-state index in [-0.39, 0.29) is 30.5 Å². The Morgan fingerprint density at radius 3 is 2.56 bits per heavy atom. The molecule has 0 radical (unpaired) electrons. The lowest BCUT2D eigenvalue weighted by Gasteiger charge is -2.21. The Hall–Kier alpha value is -2.89. The number of hydrogen-bond acceptors (Lipinski definition) is 3. The lowest BCUT2D eigenvalue weighted by Crippen LogP contribution is -2.32. The fraction of sp³-hybridized carbons (Fsp3) is 0.263. The predicted octanol–water partition coefficient (Wildman–Crippen LogP) is 3.52. The van der Waals surface area contributed by atoms with Gasteiger partial charge in [-0.05, 0) is 36.8 Å². The first kappa shape index (κ1) is 18.4. The number of ether oxygens (including phenoxy) is 1. The molecule has 1 N–H and O–H groups in total. The van der Waals surface area contributed by atoms with Crippen LogP contribution >= 0.6 is 0 Å². The second-order valence-electron chi connectivity index (χ2n) is 5.62. The van der Waals surface area contributed by atoms with Gasteiger partial charge in [0.25, 0.3) is 0 Å². The number of hydrogen-bond donors (Lipinski definition) is 1. The fourth-order valence-electron chi connectivity index (χ4n) is 2.46. The summed E-state index contributed by atoms with van der Waals surface area (Å²) in [5.41, 5.74) is 1.71. The van der Waals surface area contributed by atoms with E-state index < -0.39 is 5.82 Å². The lowest BCUT2D eigenvalue weighted by molar-refractivity contribution is -0.117. The fourth-order valence-corrected chi connectivity index (χ4v) is 2.46. The van der Waals surface area contributed by atoms with Gasteiger partial charge in [-0.25, -0.2) is 4.39 Å². The van der Waals surface area contributed by atoms with Crippen LogP contribution in [0.3, 0.4) is 0 Å². The molecule has 2 aromatic rings. The normalized spacial score (nSPS) is 10.2. The van der Waals surface area contributed by atoms with Crippen LogP contribution in [0, 0.1) is 12.7 Å². The van der Waals surface area contributed by atoms with Crippen LogP contribution in [-0.4, -0.2) is 25.5 Å². The number of anilines is 2. The molecule has 6 heteroatoms. The van der Waals surface area contributed by atoms with Crippen LogP contribution in [0.2, 0.25) is 0 Å². The average molecular weight is 344 g/mol. The van der Waals surface area contributed by atoms with Crippen LogP contribution in [0.5, 0.6) is 5.75 Å². The summed E-state index contributed by atoms with van der Waals surface area (Å²) >= 11 is 0. The molecule has 2 aromatic carbocycles. The maximum atomic E-state index is 13.9. The van der Waals surface area contributed by atoms with Crippen molar-refractivity contribution in [3.63, 3.8) is 0 Å². The quantitative estimate of drug-likeness (QED) is 0.872. The second-order valence-corrected chi connectivity index (χ2v) is 5.62. The van der Waals surface area contributed by atoms with Crippen LogP contribution in [0.15, 0.2) is 42.5 Å². The zero-order chi connectivity index (χ0) is 18.4. The van der Waals surface area contributed by atoms with Gasteiger partial charge in [0.15, 0.2) is 0 Å². The zero-order valence-corrected chi connectivity index (χ0v) is 14.5. The van der Waals surface area contributed by atoms with Gasteiger partial charge in [0.1, 0.15) is 11.6 Å². The van der Waals surface area contributed by atoms with E-state index in [4.69, 9.17) is 4.74 Å². The number of aryl methyl sites for hydroxylation is 1. The van der Waals surface area contributed by atoms with Gasteiger partial charge in [0.05, 0.1) is 18.5 Å². The van der Waals surface area contributed by atoms with E-state index in [1.807, 2.05) is 13.0 Å². The second kappa shape index (κ2) is 8.28. The highest BCUT2D eigenvalue weighted by atomic mass is 19.1. The molecule has 0 saturated heterocycles. The molecular weight excluding hydrogens is 323 g/mol. The maximum Gasteiger partial charge on any atom is 0.226 e. The SMILES string of the molecule is COc1ccc(C)cc1NC(=O)CCN(C(C)=O)c1ccccc1F. The van der Waals surface area contributed by atoms with Gasteiger partial charge in [-0.15, -0.1) is 0 Å². The van der Waals surface area contributed by atoms with Gasteiger partial charge in [-0.3, -0.25) is 9.59 Å². The highest BCUT2D eigenvalue weighted by Crippen LogP contribution is 2.25. The number of carbonyl (C=O) groups is 2. The van der Waals surface area contributed by atoms with Crippen LogP contribution in [0.1, 0.15) is 18.9 Å². The largest absolute Gasteiger partial charge is 0.495 e. The first-order chi connectivity index (χ1) is 11.9. The van der Waals surface area contributed by atoms with Crippen molar-refractivity contribution < 1.29 is 18.7 Å². The van der Waals surface area contributed by atoms with E-state index in [1.165, 1.54) is 31.1 Å². The molecule has 5 nitrogen and oxygen atoms in total. The summed E-state index contributed by atoms with van der Waals surface area (Å²) in [6, 6.07) is 11.4.